The van der Waals surface area contributed by atoms with Crippen molar-refractivity contribution >= 4 is 19.3 Å². The molecule has 9 nitrogen and oxygen atoms in total. The van der Waals surface area contributed by atoms with Crippen LogP contribution in [-0.4, -0.2) is 48.2 Å². The van der Waals surface area contributed by atoms with Crippen LogP contribution in [-0.2, 0) is 25.0 Å². The number of alkyl carbamates (subject to hydrolysis) is 1. The van der Waals surface area contributed by atoms with Gasteiger partial charge in [0.15, 0.2) is 0 Å². The summed E-state index contributed by atoms with van der Waals surface area (Å²) in [5.74, 6) is 0. The molecule has 0 aliphatic rings. The first-order valence-corrected chi connectivity index (χ1v) is 10.5. The highest BCUT2D eigenvalue weighted by Crippen LogP contribution is 2.51. The molecule has 1 rings (SSSR count). The van der Waals surface area contributed by atoms with E-state index in [2.05, 4.69) is 10.6 Å². The van der Waals surface area contributed by atoms with Gasteiger partial charge in [-0.2, -0.15) is 0 Å². The zero-order chi connectivity index (χ0) is 21.2. The van der Waals surface area contributed by atoms with Crippen molar-refractivity contribution in [1.82, 2.24) is 10.6 Å². The van der Waals surface area contributed by atoms with Gasteiger partial charge >= 0.3 is 19.3 Å². The monoisotopic (exact) mass is 416 g/mol. The van der Waals surface area contributed by atoms with Crippen LogP contribution >= 0.6 is 7.60 Å². The Hall–Kier alpha value is -1.93. The largest absolute Gasteiger partial charge is 0.445 e. The van der Waals surface area contributed by atoms with Gasteiger partial charge < -0.3 is 20.5 Å². The van der Waals surface area contributed by atoms with Gasteiger partial charge in [-0.1, -0.05) is 30.3 Å². The topological polar surface area (TPSA) is 123 Å². The number of ether oxygens (including phenoxy) is 1. The molecule has 1 aromatic rings. The number of carbonyl (C=O) groups excluding carboxylic acids is 2. The van der Waals surface area contributed by atoms with Crippen LogP contribution in [0.5, 0.6) is 0 Å². The van der Waals surface area contributed by atoms with E-state index in [4.69, 9.17) is 13.8 Å². The van der Waals surface area contributed by atoms with Gasteiger partial charge in [0.25, 0.3) is 0 Å². The van der Waals surface area contributed by atoms with Gasteiger partial charge in [0.1, 0.15) is 6.61 Å². The Labute approximate surface area is 165 Å². The smallest absolute Gasteiger partial charge is 0.418 e. The van der Waals surface area contributed by atoms with Crippen molar-refractivity contribution < 1.29 is 33.0 Å². The molecular weight excluding hydrogens is 387 g/mol. The second-order valence-corrected chi connectivity index (χ2v) is 8.40. The molecule has 28 heavy (non-hydrogen) atoms. The molecule has 10 heteroatoms. The average Bonchev–Trinajstić information content (AvgIpc) is 2.62. The fourth-order valence-electron chi connectivity index (χ4n) is 2.08. The highest BCUT2D eigenvalue weighted by atomic mass is 31.2. The third kappa shape index (κ3) is 8.84. The Kier molecular flexibility index (Phi) is 10.2. The van der Waals surface area contributed by atoms with Crippen LogP contribution in [0.3, 0.4) is 0 Å². The standard InChI is InChI=1S/C18H29N2O7P/c1-13(2)26-28(24,27-14(3)4)18(23)19-10-16(11-21)20-17(22)25-12-15-8-6-5-7-9-15/h5-9,13-14,16,21H,10-12H2,1-4H3,(H,19,23)(H,20,22)/t16-/m0/s1. The summed E-state index contributed by atoms with van der Waals surface area (Å²) in [5.41, 5.74) is -0.128. The number of hydrogen-bond donors (Lipinski definition) is 3. The van der Waals surface area contributed by atoms with Crippen molar-refractivity contribution in [3.8, 4) is 0 Å². The molecule has 158 valence electrons. The Morgan fingerprint density at radius 2 is 1.64 bits per heavy atom. The number of aliphatic hydroxyl groups is 1. The van der Waals surface area contributed by atoms with Gasteiger partial charge in [-0.15, -0.1) is 0 Å². The maximum atomic E-state index is 12.7. The predicted molar refractivity (Wildman–Crippen MR) is 104 cm³/mol. The maximum Gasteiger partial charge on any atom is 0.418 e. The quantitative estimate of drug-likeness (QED) is 0.474. The minimum atomic E-state index is -4.05. The summed E-state index contributed by atoms with van der Waals surface area (Å²) >= 11 is 0. The third-order valence-electron chi connectivity index (χ3n) is 3.20. The van der Waals surface area contributed by atoms with Crippen molar-refractivity contribution in [1.29, 1.82) is 0 Å². The van der Waals surface area contributed by atoms with Crippen molar-refractivity contribution in [2.24, 2.45) is 0 Å². The number of aliphatic hydroxyl groups excluding tert-OH is 1. The molecule has 0 aliphatic heterocycles. The summed E-state index contributed by atoms with van der Waals surface area (Å²) in [5, 5.41) is 14.2. The molecule has 0 saturated carbocycles. The number of nitrogens with one attached hydrogen (secondary N) is 2. The lowest BCUT2D eigenvalue weighted by Crippen LogP contribution is -2.46. The normalized spacial score (nSPS) is 12.7. The summed E-state index contributed by atoms with van der Waals surface area (Å²) in [6.45, 7) is 5.95. The number of rotatable bonds is 11. The lowest BCUT2D eigenvalue weighted by Gasteiger charge is -2.23. The Morgan fingerprint density at radius 1 is 1.07 bits per heavy atom. The fraction of sp³-hybridized carbons (Fsp3) is 0.556. The van der Waals surface area contributed by atoms with Crippen molar-refractivity contribution in [3.05, 3.63) is 35.9 Å². The number of benzene rings is 1. The van der Waals surface area contributed by atoms with Crippen LogP contribution in [0.15, 0.2) is 30.3 Å². The number of amides is 2. The van der Waals surface area contributed by atoms with E-state index in [1.165, 1.54) is 0 Å². The minimum Gasteiger partial charge on any atom is -0.445 e. The molecule has 0 aliphatic carbocycles. The van der Waals surface area contributed by atoms with Crippen LogP contribution in [0.1, 0.15) is 33.3 Å². The Balaban J connectivity index is 2.55. The van der Waals surface area contributed by atoms with E-state index in [9.17, 15) is 19.3 Å². The van der Waals surface area contributed by atoms with Crippen molar-refractivity contribution in [2.75, 3.05) is 13.2 Å². The summed E-state index contributed by atoms with van der Waals surface area (Å²) in [6, 6.07) is 8.26. The third-order valence-corrected chi connectivity index (χ3v) is 5.26. The molecule has 0 saturated heterocycles. The SMILES string of the molecule is CC(C)OP(=O)(OC(C)C)C(=O)NC[C@@H](CO)NC(=O)OCc1ccccc1. The second-order valence-electron chi connectivity index (χ2n) is 6.58. The van der Waals surface area contributed by atoms with Crippen LogP contribution in [0.2, 0.25) is 0 Å². The fourth-order valence-corrected chi connectivity index (χ4v) is 3.71. The number of hydrogen-bond acceptors (Lipinski definition) is 7. The number of carbonyl (C=O) groups is 2. The minimum absolute atomic E-state index is 0.0663. The molecule has 0 fully saturated rings. The van der Waals surface area contributed by atoms with Crippen LogP contribution in [0.4, 0.5) is 9.59 Å². The Bertz CT molecular complexity index is 653. The summed E-state index contributed by atoms with van der Waals surface area (Å²) in [6.07, 6.45) is -1.73. The molecular formula is C18H29N2O7P. The van der Waals surface area contributed by atoms with E-state index in [0.717, 1.165) is 5.56 Å². The van der Waals surface area contributed by atoms with E-state index in [0.29, 0.717) is 0 Å². The van der Waals surface area contributed by atoms with E-state index in [1.807, 2.05) is 18.2 Å². The summed E-state index contributed by atoms with van der Waals surface area (Å²) in [7, 11) is -4.05. The van der Waals surface area contributed by atoms with Crippen LogP contribution in [0, 0.1) is 0 Å². The lowest BCUT2D eigenvalue weighted by atomic mass is 10.2. The molecule has 0 radical (unpaired) electrons. The average molecular weight is 416 g/mol. The van der Waals surface area contributed by atoms with Crippen molar-refractivity contribution in [2.45, 2.75) is 52.6 Å². The van der Waals surface area contributed by atoms with Gasteiger partial charge in [-0.25, -0.2) is 9.36 Å². The van der Waals surface area contributed by atoms with E-state index >= 15 is 0 Å². The van der Waals surface area contributed by atoms with E-state index in [-0.39, 0.29) is 13.2 Å². The highest BCUT2D eigenvalue weighted by Gasteiger charge is 2.37. The Morgan fingerprint density at radius 3 is 2.14 bits per heavy atom. The summed E-state index contributed by atoms with van der Waals surface area (Å²) < 4.78 is 28.1. The molecule has 3 N–H and O–H groups in total. The van der Waals surface area contributed by atoms with Gasteiger partial charge in [-0.3, -0.25) is 13.8 Å². The zero-order valence-corrected chi connectivity index (χ0v) is 17.5. The van der Waals surface area contributed by atoms with Gasteiger partial charge in [0, 0.05) is 6.54 Å². The van der Waals surface area contributed by atoms with E-state index < -0.39 is 44.2 Å². The highest BCUT2D eigenvalue weighted by molar-refractivity contribution is 7.71. The van der Waals surface area contributed by atoms with Crippen LogP contribution < -0.4 is 10.6 Å². The van der Waals surface area contributed by atoms with Gasteiger partial charge in [-0.05, 0) is 33.3 Å². The van der Waals surface area contributed by atoms with Gasteiger partial charge in [0.2, 0.25) is 0 Å². The van der Waals surface area contributed by atoms with E-state index in [1.54, 1.807) is 39.8 Å². The van der Waals surface area contributed by atoms with Crippen molar-refractivity contribution in [3.63, 3.8) is 0 Å². The maximum absolute atomic E-state index is 12.7. The second kappa shape index (κ2) is 11.8. The first-order valence-electron chi connectivity index (χ1n) is 8.99. The molecule has 0 bridgehead atoms. The molecule has 0 heterocycles. The van der Waals surface area contributed by atoms with Crippen LogP contribution in [0.25, 0.3) is 0 Å². The zero-order valence-electron chi connectivity index (χ0n) is 16.6. The summed E-state index contributed by atoms with van der Waals surface area (Å²) in [4.78, 5) is 24.2. The molecule has 0 spiro atoms. The first kappa shape index (κ1) is 24.1. The van der Waals surface area contributed by atoms with Gasteiger partial charge in [0.05, 0.1) is 24.9 Å². The first-order chi connectivity index (χ1) is 13.2. The molecule has 1 atom stereocenters. The molecule has 0 unspecified atom stereocenters. The molecule has 2 amide bonds. The predicted octanol–water partition coefficient (Wildman–Crippen LogP) is 3.03. The molecule has 0 aromatic heterocycles. The lowest BCUT2D eigenvalue weighted by molar-refractivity contribution is 0.128. The molecule has 1 aromatic carbocycles.